The molecule has 2 amide bonds. The van der Waals surface area contributed by atoms with Crippen molar-refractivity contribution in [2.24, 2.45) is 11.8 Å². The van der Waals surface area contributed by atoms with Crippen LogP contribution in [0.4, 0.5) is 4.79 Å². The van der Waals surface area contributed by atoms with Crippen molar-refractivity contribution in [3.05, 3.63) is 108 Å². The van der Waals surface area contributed by atoms with Gasteiger partial charge in [-0.2, -0.15) is 0 Å². The van der Waals surface area contributed by atoms with Gasteiger partial charge in [0.15, 0.2) is 5.78 Å². The van der Waals surface area contributed by atoms with Gasteiger partial charge >= 0.3 is 6.09 Å². The fourth-order valence-electron chi connectivity index (χ4n) is 5.01. The summed E-state index contributed by atoms with van der Waals surface area (Å²) in [6.07, 6.45) is 0.101. The van der Waals surface area contributed by atoms with E-state index in [2.05, 4.69) is 0 Å². The average molecular weight is 440 g/mol. The Labute approximate surface area is 193 Å². The third kappa shape index (κ3) is 4.31. The topological polar surface area (TPSA) is 63.7 Å². The van der Waals surface area contributed by atoms with Crippen LogP contribution >= 0.6 is 0 Å². The molecule has 0 N–H and O–H groups in total. The fourth-order valence-corrected chi connectivity index (χ4v) is 5.01. The minimum atomic E-state index is -0.594. The van der Waals surface area contributed by atoms with Gasteiger partial charge in [-0.1, -0.05) is 91.0 Å². The van der Waals surface area contributed by atoms with Crippen LogP contribution in [0.3, 0.4) is 0 Å². The molecule has 2 aliphatic rings. The first-order valence-corrected chi connectivity index (χ1v) is 11.3. The van der Waals surface area contributed by atoms with Gasteiger partial charge in [0.1, 0.15) is 6.61 Å². The second-order valence-corrected chi connectivity index (χ2v) is 8.74. The maximum atomic E-state index is 13.3. The van der Waals surface area contributed by atoms with Gasteiger partial charge < -0.3 is 4.74 Å². The molecule has 5 nitrogen and oxygen atoms in total. The van der Waals surface area contributed by atoms with Crippen LogP contribution in [0.15, 0.2) is 91.0 Å². The van der Waals surface area contributed by atoms with E-state index < -0.39 is 6.09 Å². The van der Waals surface area contributed by atoms with E-state index in [0.29, 0.717) is 12.0 Å². The van der Waals surface area contributed by atoms with Gasteiger partial charge in [0.25, 0.3) is 0 Å². The summed E-state index contributed by atoms with van der Waals surface area (Å²) in [4.78, 5) is 40.2. The Morgan fingerprint density at radius 2 is 1.45 bits per heavy atom. The summed E-state index contributed by atoms with van der Waals surface area (Å²) in [6, 6.07) is 28.5. The van der Waals surface area contributed by atoms with E-state index in [1.807, 2.05) is 91.0 Å². The molecule has 0 aromatic heterocycles. The summed E-state index contributed by atoms with van der Waals surface area (Å²) >= 11 is 0. The number of ketones is 1. The van der Waals surface area contributed by atoms with Crippen molar-refractivity contribution >= 4 is 17.8 Å². The molecule has 1 saturated heterocycles. The quantitative estimate of drug-likeness (QED) is 0.492. The Morgan fingerprint density at radius 3 is 2.12 bits per heavy atom. The van der Waals surface area contributed by atoms with E-state index in [1.165, 1.54) is 4.90 Å². The lowest BCUT2D eigenvalue weighted by Gasteiger charge is -2.19. The zero-order valence-corrected chi connectivity index (χ0v) is 18.2. The van der Waals surface area contributed by atoms with Crippen LogP contribution < -0.4 is 0 Å². The second kappa shape index (κ2) is 9.02. The van der Waals surface area contributed by atoms with Gasteiger partial charge in [-0.15, -0.1) is 0 Å². The third-order valence-electron chi connectivity index (χ3n) is 6.67. The Kier molecular flexibility index (Phi) is 5.78. The summed E-state index contributed by atoms with van der Waals surface area (Å²) in [6.45, 7) is 0.193. The highest BCUT2D eigenvalue weighted by Crippen LogP contribution is 2.57. The van der Waals surface area contributed by atoms with Crippen LogP contribution in [0.2, 0.25) is 0 Å². The lowest BCUT2D eigenvalue weighted by molar-refractivity contribution is -0.129. The summed E-state index contributed by atoms with van der Waals surface area (Å²) in [5.74, 6) is -0.669. The zero-order valence-electron chi connectivity index (χ0n) is 18.2. The minimum Gasteiger partial charge on any atom is -0.447 e. The molecule has 1 aliphatic carbocycles. The monoisotopic (exact) mass is 439 g/mol. The van der Waals surface area contributed by atoms with Crippen LogP contribution in [0.25, 0.3) is 0 Å². The van der Waals surface area contributed by atoms with E-state index in [4.69, 9.17) is 4.74 Å². The largest absolute Gasteiger partial charge is 0.447 e. The molecule has 3 aromatic rings. The fraction of sp³-hybridized carbons (Fsp3) is 0.250. The highest BCUT2D eigenvalue weighted by Gasteiger charge is 2.56. The van der Waals surface area contributed by atoms with Gasteiger partial charge in [0, 0.05) is 17.9 Å². The predicted octanol–water partition coefficient (Wildman–Crippen LogP) is 4.88. The number of carbonyl (C=O) groups excluding carboxylic acids is 3. The SMILES string of the molecule is O=C(c1ccccc1)[C@@H]1[C@@H](CC(=O)N2C(=O)OC[C@@H]2Cc2ccccc2)[C@H]1c1ccccc1. The molecule has 4 atom stereocenters. The van der Waals surface area contributed by atoms with Gasteiger partial charge in [-0.25, -0.2) is 9.69 Å². The van der Waals surface area contributed by atoms with Crippen LogP contribution in [0.5, 0.6) is 0 Å². The van der Waals surface area contributed by atoms with Gasteiger partial charge in [0.2, 0.25) is 5.91 Å². The molecule has 1 heterocycles. The highest BCUT2D eigenvalue weighted by molar-refractivity contribution is 6.02. The highest BCUT2D eigenvalue weighted by atomic mass is 16.6. The Morgan fingerprint density at radius 1 is 0.848 bits per heavy atom. The third-order valence-corrected chi connectivity index (χ3v) is 6.67. The number of nitrogens with zero attached hydrogens (tertiary/aromatic N) is 1. The summed E-state index contributed by atoms with van der Waals surface area (Å²) in [5.41, 5.74) is 2.75. The number of carbonyl (C=O) groups is 3. The molecule has 1 saturated carbocycles. The van der Waals surface area contributed by atoms with Gasteiger partial charge in [-0.05, 0) is 29.4 Å². The standard InChI is InChI=1S/C28H25NO4/c30-24(29-22(18-33-28(29)32)16-19-10-4-1-5-11-19)17-23-25(20-12-6-2-7-13-20)26(23)27(31)21-14-8-3-9-15-21/h1-15,22-23,25-26H,16-18H2/t22-,23-,25+,26+/m0/s1. The Bertz CT molecular complexity index is 1150. The molecule has 1 aliphatic heterocycles. The molecule has 5 heteroatoms. The normalized spacial score (nSPS) is 23.8. The predicted molar refractivity (Wildman–Crippen MR) is 124 cm³/mol. The number of Topliss-reactive ketones (excluding diaryl/α,β-unsaturated/α-hetero) is 1. The molecular weight excluding hydrogens is 414 g/mol. The van der Waals surface area contributed by atoms with Crippen LogP contribution in [-0.4, -0.2) is 35.3 Å². The number of benzene rings is 3. The van der Waals surface area contributed by atoms with Crippen molar-refractivity contribution in [1.82, 2.24) is 4.90 Å². The minimum absolute atomic E-state index is 0.0333. The first-order chi connectivity index (χ1) is 16.1. The molecule has 0 bridgehead atoms. The Balaban J connectivity index is 1.35. The van der Waals surface area contributed by atoms with Crippen molar-refractivity contribution in [2.45, 2.75) is 24.8 Å². The molecule has 0 radical (unpaired) electrons. The van der Waals surface area contributed by atoms with Gasteiger partial charge in [-0.3, -0.25) is 9.59 Å². The van der Waals surface area contributed by atoms with Crippen LogP contribution in [0, 0.1) is 11.8 Å². The number of cyclic esters (lactones) is 1. The molecule has 0 spiro atoms. The second-order valence-electron chi connectivity index (χ2n) is 8.74. The number of hydrogen-bond donors (Lipinski definition) is 0. The molecule has 2 fully saturated rings. The maximum absolute atomic E-state index is 13.3. The van der Waals surface area contributed by atoms with E-state index in [1.54, 1.807) is 0 Å². The molecule has 0 unspecified atom stereocenters. The number of ether oxygens (including phenoxy) is 1. The van der Waals surface area contributed by atoms with Gasteiger partial charge in [0.05, 0.1) is 6.04 Å². The summed E-state index contributed by atoms with van der Waals surface area (Å²) in [5, 5.41) is 0. The van der Waals surface area contributed by atoms with Crippen molar-refractivity contribution in [2.75, 3.05) is 6.61 Å². The summed E-state index contributed by atoms with van der Waals surface area (Å²) < 4.78 is 5.23. The van der Waals surface area contributed by atoms with E-state index in [9.17, 15) is 14.4 Å². The molecule has 5 rings (SSSR count). The number of imide groups is 1. The van der Waals surface area contributed by atoms with Crippen molar-refractivity contribution in [1.29, 1.82) is 0 Å². The van der Waals surface area contributed by atoms with Crippen LogP contribution in [0.1, 0.15) is 33.8 Å². The molecule has 33 heavy (non-hydrogen) atoms. The van der Waals surface area contributed by atoms with Crippen molar-refractivity contribution in [3.63, 3.8) is 0 Å². The number of hydrogen-bond acceptors (Lipinski definition) is 4. The van der Waals surface area contributed by atoms with Crippen molar-refractivity contribution < 1.29 is 19.1 Å². The molecule has 166 valence electrons. The molecule has 3 aromatic carbocycles. The van der Waals surface area contributed by atoms with E-state index in [-0.39, 0.29) is 48.5 Å². The van der Waals surface area contributed by atoms with E-state index >= 15 is 0 Å². The summed E-state index contributed by atoms with van der Waals surface area (Å²) in [7, 11) is 0. The zero-order chi connectivity index (χ0) is 22.8. The lowest BCUT2D eigenvalue weighted by atomic mass is 10.0. The lowest BCUT2D eigenvalue weighted by Crippen LogP contribution is -2.40. The first kappa shape index (κ1) is 21.1. The average Bonchev–Trinajstić information content (AvgIpc) is 3.44. The number of rotatable bonds is 7. The van der Waals surface area contributed by atoms with Crippen LogP contribution in [-0.2, 0) is 16.0 Å². The first-order valence-electron chi connectivity index (χ1n) is 11.3. The molecular formula is C28H25NO4. The van der Waals surface area contributed by atoms with E-state index in [0.717, 1.165) is 11.1 Å². The van der Waals surface area contributed by atoms with Crippen molar-refractivity contribution in [3.8, 4) is 0 Å². The smallest absolute Gasteiger partial charge is 0.416 e. The number of amides is 2. The Hall–Kier alpha value is -3.73. The maximum Gasteiger partial charge on any atom is 0.416 e.